The Bertz CT molecular complexity index is 678. The number of hydrogen-bond acceptors (Lipinski definition) is 5. The first-order valence-electron chi connectivity index (χ1n) is 10.2. The van der Waals surface area contributed by atoms with Crippen LogP contribution in [0.25, 0.3) is 0 Å². The molecule has 1 aliphatic carbocycles. The Morgan fingerprint density at radius 2 is 1.96 bits per heavy atom. The van der Waals surface area contributed by atoms with E-state index in [2.05, 4.69) is 5.32 Å². The molecule has 28 heavy (non-hydrogen) atoms. The van der Waals surface area contributed by atoms with Gasteiger partial charge in [0.1, 0.15) is 11.8 Å². The van der Waals surface area contributed by atoms with Crippen molar-refractivity contribution in [3.8, 4) is 5.75 Å². The highest BCUT2D eigenvalue weighted by Crippen LogP contribution is 2.41. The molecule has 0 radical (unpaired) electrons. The largest absolute Gasteiger partial charge is 0.495 e. The SMILES string of the molecule is CCCOC(=O)C1CSC(C2CCCCC2)N1C(=O)Nc1ccccc1OC. The summed E-state index contributed by atoms with van der Waals surface area (Å²) in [6.45, 7) is 2.35. The molecular weight excluding hydrogens is 376 g/mol. The van der Waals surface area contributed by atoms with Crippen molar-refractivity contribution in [2.45, 2.75) is 56.9 Å². The van der Waals surface area contributed by atoms with Crippen LogP contribution in [0.15, 0.2) is 24.3 Å². The molecule has 1 saturated carbocycles. The van der Waals surface area contributed by atoms with Gasteiger partial charge in [0.15, 0.2) is 0 Å². The van der Waals surface area contributed by atoms with Gasteiger partial charge in [-0.1, -0.05) is 38.3 Å². The number of amides is 2. The maximum atomic E-state index is 13.3. The van der Waals surface area contributed by atoms with Crippen molar-refractivity contribution in [2.75, 3.05) is 24.8 Å². The number of nitrogens with one attached hydrogen (secondary N) is 1. The quantitative estimate of drug-likeness (QED) is 0.704. The van der Waals surface area contributed by atoms with E-state index in [1.165, 1.54) is 19.3 Å². The molecule has 3 rings (SSSR count). The predicted octanol–water partition coefficient (Wildman–Crippen LogP) is 4.50. The first kappa shape index (κ1) is 20.8. The zero-order valence-corrected chi connectivity index (χ0v) is 17.5. The minimum absolute atomic E-state index is 0.00850. The summed E-state index contributed by atoms with van der Waals surface area (Å²) in [7, 11) is 1.58. The Morgan fingerprint density at radius 3 is 2.68 bits per heavy atom. The number of carbonyl (C=O) groups excluding carboxylic acids is 2. The number of carbonyl (C=O) groups is 2. The van der Waals surface area contributed by atoms with Gasteiger partial charge in [0.05, 0.1) is 24.8 Å². The summed E-state index contributed by atoms with van der Waals surface area (Å²) in [5.41, 5.74) is 0.606. The highest BCUT2D eigenvalue weighted by molar-refractivity contribution is 8.00. The molecule has 0 spiro atoms. The molecule has 0 aromatic heterocycles. The van der Waals surface area contributed by atoms with Crippen molar-refractivity contribution in [3.63, 3.8) is 0 Å². The van der Waals surface area contributed by atoms with Crippen LogP contribution >= 0.6 is 11.8 Å². The Kier molecular flexibility index (Phi) is 7.48. The number of anilines is 1. The number of benzene rings is 1. The van der Waals surface area contributed by atoms with Crippen LogP contribution in [0.1, 0.15) is 45.4 Å². The number of hydrogen-bond donors (Lipinski definition) is 1. The Balaban J connectivity index is 1.80. The lowest BCUT2D eigenvalue weighted by atomic mass is 9.88. The average Bonchev–Trinajstić information content (AvgIpc) is 3.18. The lowest BCUT2D eigenvalue weighted by Gasteiger charge is -2.35. The molecular formula is C21H30N2O4S. The van der Waals surface area contributed by atoms with Crippen LogP contribution in [0, 0.1) is 5.92 Å². The minimum Gasteiger partial charge on any atom is -0.495 e. The van der Waals surface area contributed by atoms with E-state index >= 15 is 0 Å². The molecule has 0 bridgehead atoms. The molecule has 1 saturated heterocycles. The van der Waals surface area contributed by atoms with Crippen LogP contribution < -0.4 is 10.1 Å². The molecule has 1 aromatic carbocycles. The van der Waals surface area contributed by atoms with E-state index < -0.39 is 6.04 Å². The summed E-state index contributed by atoms with van der Waals surface area (Å²) in [4.78, 5) is 27.6. The molecule has 2 aliphatic rings. The first-order valence-corrected chi connectivity index (χ1v) is 11.2. The summed E-state index contributed by atoms with van der Waals surface area (Å²) < 4.78 is 10.7. The van der Waals surface area contributed by atoms with Crippen molar-refractivity contribution in [3.05, 3.63) is 24.3 Å². The van der Waals surface area contributed by atoms with Gasteiger partial charge in [0.25, 0.3) is 0 Å². The second kappa shape index (κ2) is 10.0. The van der Waals surface area contributed by atoms with E-state index in [4.69, 9.17) is 9.47 Å². The maximum Gasteiger partial charge on any atom is 0.329 e. The number of esters is 1. The molecule has 1 heterocycles. The number of rotatable bonds is 6. The number of para-hydroxylation sites is 2. The fourth-order valence-corrected chi connectivity index (χ4v) is 5.60. The van der Waals surface area contributed by atoms with Crippen LogP contribution in [-0.2, 0) is 9.53 Å². The fourth-order valence-electron chi connectivity index (χ4n) is 3.98. The van der Waals surface area contributed by atoms with Crippen LogP contribution in [0.2, 0.25) is 0 Å². The van der Waals surface area contributed by atoms with Gasteiger partial charge >= 0.3 is 12.0 Å². The summed E-state index contributed by atoms with van der Waals surface area (Å²) >= 11 is 1.71. The van der Waals surface area contributed by atoms with E-state index in [1.807, 2.05) is 19.1 Å². The van der Waals surface area contributed by atoms with E-state index in [1.54, 1.807) is 35.9 Å². The molecule has 1 aromatic rings. The van der Waals surface area contributed by atoms with Gasteiger partial charge in [-0.15, -0.1) is 11.8 Å². The van der Waals surface area contributed by atoms with Crippen molar-refractivity contribution >= 4 is 29.4 Å². The Morgan fingerprint density at radius 1 is 1.21 bits per heavy atom. The molecule has 2 unspecified atom stereocenters. The fraction of sp³-hybridized carbons (Fsp3) is 0.619. The van der Waals surface area contributed by atoms with Crippen molar-refractivity contribution in [1.82, 2.24) is 4.90 Å². The summed E-state index contributed by atoms with van der Waals surface area (Å²) in [5.74, 6) is 1.30. The topological polar surface area (TPSA) is 67.9 Å². The van der Waals surface area contributed by atoms with Gasteiger partial charge in [-0.25, -0.2) is 9.59 Å². The van der Waals surface area contributed by atoms with Gasteiger partial charge in [0, 0.05) is 5.75 Å². The third-order valence-electron chi connectivity index (χ3n) is 5.39. The lowest BCUT2D eigenvalue weighted by molar-refractivity contribution is -0.148. The highest BCUT2D eigenvalue weighted by atomic mass is 32.2. The van der Waals surface area contributed by atoms with Crippen molar-refractivity contribution in [1.29, 1.82) is 0 Å². The van der Waals surface area contributed by atoms with E-state index in [9.17, 15) is 9.59 Å². The number of thioether (sulfide) groups is 1. The molecule has 2 fully saturated rings. The number of nitrogens with zero attached hydrogens (tertiary/aromatic N) is 1. The summed E-state index contributed by atoms with van der Waals surface area (Å²) in [6, 6.07) is 6.51. The van der Waals surface area contributed by atoms with E-state index in [0.29, 0.717) is 29.7 Å². The lowest BCUT2D eigenvalue weighted by Crippen LogP contribution is -2.50. The van der Waals surface area contributed by atoms with Gasteiger partial charge < -0.3 is 14.8 Å². The number of methoxy groups -OCH3 is 1. The first-order chi connectivity index (χ1) is 13.7. The standard InChI is InChI=1S/C21H30N2O4S/c1-3-13-27-20(24)17-14-28-19(15-9-5-4-6-10-15)23(17)21(25)22-16-11-7-8-12-18(16)26-2/h7-8,11-12,15,17,19H,3-6,9-10,13-14H2,1-2H3,(H,22,25). The zero-order chi connectivity index (χ0) is 19.9. The number of urea groups is 1. The third-order valence-corrected chi connectivity index (χ3v) is 6.85. The number of ether oxygens (including phenoxy) is 2. The maximum absolute atomic E-state index is 13.3. The summed E-state index contributed by atoms with van der Waals surface area (Å²) in [5, 5.41) is 2.96. The van der Waals surface area contributed by atoms with Crippen LogP contribution in [0.3, 0.4) is 0 Å². The smallest absolute Gasteiger partial charge is 0.329 e. The Labute approximate surface area is 171 Å². The van der Waals surface area contributed by atoms with Crippen LogP contribution in [0.4, 0.5) is 10.5 Å². The summed E-state index contributed by atoms with van der Waals surface area (Å²) in [6.07, 6.45) is 6.61. The molecule has 2 amide bonds. The van der Waals surface area contributed by atoms with Crippen molar-refractivity contribution < 1.29 is 19.1 Å². The molecule has 2 atom stereocenters. The van der Waals surface area contributed by atoms with Crippen LogP contribution in [-0.4, -0.2) is 47.8 Å². The molecule has 7 heteroatoms. The molecule has 154 valence electrons. The van der Waals surface area contributed by atoms with Crippen LogP contribution in [0.5, 0.6) is 5.75 Å². The second-order valence-electron chi connectivity index (χ2n) is 7.34. The third kappa shape index (κ3) is 4.74. The average molecular weight is 407 g/mol. The van der Waals surface area contributed by atoms with Gasteiger partial charge in [0.2, 0.25) is 0 Å². The van der Waals surface area contributed by atoms with E-state index in [0.717, 1.165) is 19.3 Å². The predicted molar refractivity (Wildman–Crippen MR) is 112 cm³/mol. The highest BCUT2D eigenvalue weighted by Gasteiger charge is 2.45. The van der Waals surface area contributed by atoms with Gasteiger partial charge in [-0.3, -0.25) is 4.90 Å². The second-order valence-corrected chi connectivity index (χ2v) is 8.49. The van der Waals surface area contributed by atoms with Gasteiger partial charge in [-0.2, -0.15) is 0 Å². The minimum atomic E-state index is -0.543. The molecule has 1 N–H and O–H groups in total. The van der Waals surface area contributed by atoms with E-state index in [-0.39, 0.29) is 17.4 Å². The monoisotopic (exact) mass is 406 g/mol. The Hall–Kier alpha value is -1.89. The molecule has 6 nitrogen and oxygen atoms in total. The van der Waals surface area contributed by atoms with Gasteiger partial charge in [-0.05, 0) is 37.3 Å². The normalized spacial score (nSPS) is 22.7. The van der Waals surface area contributed by atoms with Crippen molar-refractivity contribution in [2.24, 2.45) is 5.92 Å². The molecule has 1 aliphatic heterocycles. The zero-order valence-electron chi connectivity index (χ0n) is 16.7.